The molecule has 0 spiro atoms. The molecule has 26 nitrogen and oxygen atoms in total. The SMILES string of the molecule is Cc1ccc2c(N)c(OCC[N+](C)(C(C)C)C(C)C)nn2c1C.Cc1ccc2c(N)c(OCC[N+](C)(C)C)nn2c1C.Cc1ccc2c(N)c(OCC[N+]3(C)CCCC3)nn2c1C.Cc1ccc2c(N)c(OCC[N+]3(C)CCCCC3)nn2c1C.Cc1ccc2c(N)c(OCC[N+]3(C)CCOCC3)nn2c1C.[CH3-].[CH3-].[CH3-].[CH3-].[CH3-]. The van der Waals surface area contributed by atoms with Crippen LogP contribution in [0.5, 0.6) is 29.4 Å². The number of quaternary nitrogens is 5. The Kier molecular flexibility index (Phi) is 34.4. The Labute approximate surface area is 672 Å². The van der Waals surface area contributed by atoms with Crippen molar-refractivity contribution in [2.24, 2.45) is 0 Å². The number of rotatable bonds is 22. The molecule has 13 heterocycles. The number of fused-ring (bicyclic) bond motifs is 5. The fourth-order valence-electron chi connectivity index (χ4n) is 14.0. The van der Waals surface area contributed by atoms with Gasteiger partial charge in [-0.2, -0.15) is 0 Å². The van der Waals surface area contributed by atoms with E-state index >= 15 is 0 Å². The smallest absolute Gasteiger partial charge is 0.257 e. The van der Waals surface area contributed by atoms with E-state index < -0.39 is 0 Å². The summed E-state index contributed by atoms with van der Waals surface area (Å²) in [4.78, 5) is 0. The van der Waals surface area contributed by atoms with Crippen LogP contribution in [0.1, 0.15) is 116 Å². The number of hydrogen-bond acceptors (Lipinski definition) is 16. The standard InChI is InChI=1S/C18H31N4O.C17H27N4O.C16H25N4O2.C16H25N4O.C14H23N4O.5CH3/c1-12(2)22(7,13(3)4)10-11-23-18-17(19)16-9-8-14(5)15(6)21(16)20-18;1-13-7-8-15-16(18)17(19-20(15)14(13)2)22-12-11-21(3)9-5-4-6-10-21;1-12-4-5-14-15(17)16(18-19(14)13(12)2)22-11-8-20(3)6-9-21-10-7-20;1-12-6-7-14-15(17)16(18-19(14)13(12)2)21-11-10-20(3)8-4-5-9-20;1-10-6-7-12-13(15)14(16-17(12)11(10)2)19-9-8-18(3,4)5;;;;;/h8-9,12-13H,10-11,19H2,1-7H3;7-8H,4-6,9-12,18H2,1-3H3;4-5H,6-11,17H2,1-3H3;6-7H,4-5,8-11,17H2,1-3H3;6-7H,8-9,15H2,1-5H3;5*1H3/q5*+1;5*-1. The van der Waals surface area contributed by atoms with Crippen molar-refractivity contribution in [2.45, 2.75) is 141 Å². The van der Waals surface area contributed by atoms with E-state index in [4.69, 9.17) is 57.1 Å². The fraction of sp³-hybridized carbons (Fsp3) is 0.535. The molecule has 10 aromatic rings. The molecule has 10 N–H and O–H groups in total. The van der Waals surface area contributed by atoms with Gasteiger partial charge in [0.25, 0.3) is 29.4 Å². The highest BCUT2D eigenvalue weighted by Gasteiger charge is 2.32. The molecule has 26 heteroatoms. The van der Waals surface area contributed by atoms with Crippen LogP contribution in [-0.4, -0.2) is 250 Å². The normalized spacial score (nSPS) is 14.9. The Hall–Kier alpha value is -8.79. The van der Waals surface area contributed by atoms with Crippen molar-refractivity contribution in [1.29, 1.82) is 0 Å². The van der Waals surface area contributed by atoms with Crippen molar-refractivity contribution in [3.63, 3.8) is 0 Å². The summed E-state index contributed by atoms with van der Waals surface area (Å²) in [5.41, 5.74) is 50.0. The van der Waals surface area contributed by atoms with E-state index in [0.29, 0.717) is 103 Å². The van der Waals surface area contributed by atoms with Gasteiger partial charge in [-0.1, -0.05) is 30.3 Å². The molecule has 112 heavy (non-hydrogen) atoms. The number of aromatic nitrogens is 10. The van der Waals surface area contributed by atoms with Crippen molar-refractivity contribution in [3.8, 4) is 29.4 Å². The van der Waals surface area contributed by atoms with Gasteiger partial charge in [0.2, 0.25) is 0 Å². The molecule has 0 unspecified atom stereocenters. The third kappa shape index (κ3) is 22.6. The Morgan fingerprint density at radius 2 is 0.571 bits per heavy atom. The second-order valence-electron chi connectivity index (χ2n) is 32.9. The minimum atomic E-state index is 0. The monoisotopic (exact) mass is 1560 g/mol. The van der Waals surface area contributed by atoms with E-state index in [9.17, 15) is 0 Å². The first-order chi connectivity index (χ1) is 50.5. The number of likely N-dealkylation sites (tertiary alicyclic amines) is 2. The lowest BCUT2D eigenvalue weighted by atomic mass is 10.1. The summed E-state index contributed by atoms with van der Waals surface area (Å²) in [7, 11) is 15.5. The molecule has 0 aromatic carbocycles. The number of pyridine rings is 5. The Balaban J connectivity index is 0.000000292. The summed E-state index contributed by atoms with van der Waals surface area (Å²) < 4.78 is 49.1. The molecule has 0 saturated carbocycles. The van der Waals surface area contributed by atoms with Gasteiger partial charge in [-0.15, -0.1) is 25.5 Å². The largest absolute Gasteiger partial charge is 0.469 e. The lowest BCUT2D eigenvalue weighted by molar-refractivity contribution is -0.949. The Morgan fingerprint density at radius 1 is 0.348 bits per heavy atom. The van der Waals surface area contributed by atoms with E-state index in [-0.39, 0.29) is 37.1 Å². The first-order valence-electron chi connectivity index (χ1n) is 38.6. The second-order valence-corrected chi connectivity index (χ2v) is 32.9. The minimum absolute atomic E-state index is 0. The molecular weight excluding hydrogens is 1410 g/mol. The highest BCUT2D eigenvalue weighted by atomic mass is 16.5. The van der Waals surface area contributed by atoms with Gasteiger partial charge in [-0.3, -0.25) is 0 Å². The van der Waals surface area contributed by atoms with Crippen LogP contribution in [0.3, 0.4) is 0 Å². The first kappa shape index (κ1) is 95.6. The van der Waals surface area contributed by atoms with Gasteiger partial charge in [0.1, 0.15) is 107 Å². The minimum Gasteiger partial charge on any atom is -0.469 e. The number of nitrogens with two attached hydrogens (primary N) is 5. The number of anilines is 5. The summed E-state index contributed by atoms with van der Waals surface area (Å²) in [6, 6.07) is 21.4. The maximum atomic E-state index is 6.21. The summed E-state index contributed by atoms with van der Waals surface area (Å²) >= 11 is 0. The van der Waals surface area contributed by atoms with Crippen LogP contribution < -0.4 is 52.4 Å². The topological polar surface area (TPSA) is 272 Å². The van der Waals surface area contributed by atoms with Gasteiger partial charge < -0.3 is 117 Å². The summed E-state index contributed by atoms with van der Waals surface area (Å²) in [6.45, 7) is 46.3. The predicted octanol–water partition coefficient (Wildman–Crippen LogP) is 13.1. The van der Waals surface area contributed by atoms with Crippen LogP contribution in [0.4, 0.5) is 28.4 Å². The number of morpholine rings is 1. The van der Waals surface area contributed by atoms with Crippen LogP contribution in [0, 0.1) is 106 Å². The van der Waals surface area contributed by atoms with Crippen LogP contribution >= 0.6 is 0 Å². The molecule has 0 radical (unpaired) electrons. The van der Waals surface area contributed by atoms with Crippen molar-refractivity contribution < 1.29 is 50.8 Å². The molecule has 0 amide bonds. The van der Waals surface area contributed by atoms with Crippen molar-refractivity contribution in [2.75, 3.05) is 196 Å². The molecule has 3 aliphatic heterocycles. The fourth-order valence-corrected chi connectivity index (χ4v) is 14.0. The Morgan fingerprint density at radius 3 is 0.812 bits per heavy atom. The second kappa shape index (κ2) is 40.3. The highest BCUT2D eigenvalue weighted by Crippen LogP contribution is 2.33. The first-order valence-corrected chi connectivity index (χ1v) is 38.6. The van der Waals surface area contributed by atoms with Gasteiger partial charge in [0.05, 0.1) is 128 Å². The molecule has 3 fully saturated rings. The van der Waals surface area contributed by atoms with Crippen molar-refractivity contribution >= 4 is 56.0 Å². The quantitative estimate of drug-likeness (QED) is 0.0312. The maximum Gasteiger partial charge on any atom is 0.257 e. The molecule has 626 valence electrons. The van der Waals surface area contributed by atoms with E-state index in [1.165, 1.54) is 86.1 Å². The van der Waals surface area contributed by atoms with Crippen LogP contribution in [0.2, 0.25) is 0 Å². The lowest BCUT2D eigenvalue weighted by Crippen LogP contribution is -2.56. The van der Waals surface area contributed by atoms with Crippen molar-refractivity contribution in [1.82, 2.24) is 48.1 Å². The average Bonchev–Trinajstić information content (AvgIpc) is 1.65. The number of likely N-dealkylation sites (N-methyl/N-ethyl adjacent to an activating group) is 5. The molecule has 0 bridgehead atoms. The highest BCUT2D eigenvalue weighted by molar-refractivity contribution is 5.78. The third-order valence-corrected chi connectivity index (χ3v) is 23.4. The van der Waals surface area contributed by atoms with E-state index in [2.05, 4.69) is 181 Å². The zero-order valence-corrected chi connectivity index (χ0v) is 73.7. The van der Waals surface area contributed by atoms with E-state index in [0.717, 1.165) is 137 Å². The summed E-state index contributed by atoms with van der Waals surface area (Å²) in [6.07, 6.45) is 6.67. The van der Waals surface area contributed by atoms with Gasteiger partial charge in [-0.05, 0) is 174 Å². The van der Waals surface area contributed by atoms with Gasteiger partial charge >= 0.3 is 0 Å². The zero-order valence-electron chi connectivity index (χ0n) is 73.7. The number of hydrogen-bond donors (Lipinski definition) is 5. The molecule has 0 atom stereocenters. The molecule has 0 aliphatic carbocycles. The zero-order chi connectivity index (χ0) is 78.1. The number of aryl methyl sites for hydroxylation is 10. The average molecular weight is 1560 g/mol. The molecule has 10 aromatic heterocycles. The van der Waals surface area contributed by atoms with Gasteiger partial charge in [0, 0.05) is 41.3 Å². The third-order valence-electron chi connectivity index (χ3n) is 23.4. The maximum absolute atomic E-state index is 6.21. The summed E-state index contributed by atoms with van der Waals surface area (Å²) in [5.74, 6) is 2.74. The number of nitrogen functional groups attached to an aromatic ring is 5. The van der Waals surface area contributed by atoms with E-state index in [1.807, 2.05) is 73.7 Å². The van der Waals surface area contributed by atoms with Crippen LogP contribution in [0.25, 0.3) is 27.6 Å². The summed E-state index contributed by atoms with van der Waals surface area (Å²) in [5, 5.41) is 22.6. The van der Waals surface area contributed by atoms with E-state index in [1.54, 1.807) is 0 Å². The van der Waals surface area contributed by atoms with Crippen molar-refractivity contribution in [3.05, 3.63) is 154 Å². The molecule has 13 rings (SSSR count). The van der Waals surface area contributed by atoms with Gasteiger partial charge in [0.15, 0.2) is 0 Å². The molecular formula is C86H146N20O6. The number of nitrogens with zero attached hydrogens (tertiary/aromatic N) is 15. The number of piperidine rings is 1. The number of ether oxygens (including phenoxy) is 6. The van der Waals surface area contributed by atoms with Crippen LogP contribution in [-0.2, 0) is 4.74 Å². The van der Waals surface area contributed by atoms with Crippen LogP contribution in [0.15, 0.2) is 60.7 Å². The molecule has 3 aliphatic rings. The predicted molar refractivity (Wildman–Crippen MR) is 465 cm³/mol. The lowest BCUT2D eigenvalue weighted by Gasteiger charge is -2.42. The Bertz CT molecular complexity index is 4510. The van der Waals surface area contributed by atoms with Gasteiger partial charge in [-0.25, -0.2) is 22.6 Å². The molecule has 3 saturated heterocycles.